The number of pyridine rings is 1. The number of rotatable bonds is 6. The lowest BCUT2D eigenvalue weighted by Crippen LogP contribution is -2.10. The van der Waals surface area contributed by atoms with Gasteiger partial charge in [-0.1, -0.05) is 0 Å². The van der Waals surface area contributed by atoms with Crippen molar-refractivity contribution < 1.29 is 23.6 Å². The van der Waals surface area contributed by atoms with E-state index in [0.29, 0.717) is 5.69 Å². The van der Waals surface area contributed by atoms with Crippen molar-refractivity contribution in [2.75, 3.05) is 19.0 Å². The fourth-order valence-electron chi connectivity index (χ4n) is 1.98. The molecule has 24 heavy (non-hydrogen) atoms. The van der Waals surface area contributed by atoms with Crippen molar-refractivity contribution in [3.8, 4) is 5.75 Å². The van der Waals surface area contributed by atoms with Gasteiger partial charge in [0.2, 0.25) is 5.82 Å². The van der Waals surface area contributed by atoms with Gasteiger partial charge in [0, 0.05) is 18.0 Å². The highest BCUT2D eigenvalue weighted by Gasteiger charge is 2.27. The maximum Gasteiger partial charge on any atom is 0.345 e. The van der Waals surface area contributed by atoms with Crippen molar-refractivity contribution >= 4 is 23.2 Å². The Morgan fingerprint density at radius 3 is 2.79 bits per heavy atom. The van der Waals surface area contributed by atoms with Crippen molar-refractivity contribution in [3.63, 3.8) is 0 Å². The molecule has 0 fully saturated rings. The molecule has 0 spiro atoms. The van der Waals surface area contributed by atoms with Gasteiger partial charge in [-0.15, -0.1) is 0 Å². The van der Waals surface area contributed by atoms with Crippen LogP contribution in [-0.4, -0.2) is 29.6 Å². The lowest BCUT2D eigenvalue weighted by atomic mass is 10.2. The van der Waals surface area contributed by atoms with Gasteiger partial charge in [0.1, 0.15) is 5.56 Å². The molecule has 0 aliphatic rings. The van der Waals surface area contributed by atoms with E-state index in [1.165, 1.54) is 31.5 Å². The predicted octanol–water partition coefficient (Wildman–Crippen LogP) is 3.06. The summed E-state index contributed by atoms with van der Waals surface area (Å²) in [4.78, 5) is 26.4. The molecule has 0 radical (unpaired) electrons. The van der Waals surface area contributed by atoms with Crippen LogP contribution < -0.4 is 10.1 Å². The maximum atomic E-state index is 13.4. The number of aromatic nitrogens is 1. The minimum Gasteiger partial charge on any atom is -0.494 e. The zero-order valence-electron chi connectivity index (χ0n) is 12.9. The highest BCUT2D eigenvalue weighted by Crippen LogP contribution is 2.31. The van der Waals surface area contributed by atoms with Crippen LogP contribution in [0.1, 0.15) is 17.3 Å². The topological polar surface area (TPSA) is 104 Å². The Hall–Kier alpha value is -3.23. The number of carbonyl (C=O) groups is 1. The molecule has 9 heteroatoms. The van der Waals surface area contributed by atoms with Gasteiger partial charge in [0.25, 0.3) is 0 Å². The zero-order valence-corrected chi connectivity index (χ0v) is 12.9. The summed E-state index contributed by atoms with van der Waals surface area (Å²) in [6.45, 7) is 1.67. The highest BCUT2D eigenvalue weighted by molar-refractivity contribution is 5.96. The Morgan fingerprint density at radius 2 is 2.17 bits per heavy atom. The first-order valence-electron chi connectivity index (χ1n) is 6.89. The Morgan fingerprint density at radius 1 is 1.42 bits per heavy atom. The van der Waals surface area contributed by atoms with E-state index >= 15 is 0 Å². The summed E-state index contributed by atoms with van der Waals surface area (Å²) in [6, 6.07) is 5.02. The van der Waals surface area contributed by atoms with Gasteiger partial charge >= 0.3 is 11.7 Å². The number of benzene rings is 1. The molecule has 0 saturated heterocycles. The molecule has 126 valence electrons. The van der Waals surface area contributed by atoms with Gasteiger partial charge in [-0.2, -0.15) is 0 Å². The lowest BCUT2D eigenvalue weighted by molar-refractivity contribution is -0.384. The number of nitro groups is 1. The SMILES string of the molecule is CCOC(=O)c1ccnc(Nc2ccc(F)c(OC)c2)c1[N+](=O)[O-]. The summed E-state index contributed by atoms with van der Waals surface area (Å²) in [6.07, 6.45) is 1.24. The van der Waals surface area contributed by atoms with Gasteiger partial charge in [0.15, 0.2) is 11.6 Å². The van der Waals surface area contributed by atoms with Crippen LogP contribution in [0.4, 0.5) is 21.6 Å². The lowest BCUT2D eigenvalue weighted by Gasteiger charge is -2.10. The third-order valence-corrected chi connectivity index (χ3v) is 3.02. The van der Waals surface area contributed by atoms with Crippen LogP contribution in [0, 0.1) is 15.9 Å². The van der Waals surface area contributed by atoms with Crippen molar-refractivity contribution in [2.45, 2.75) is 6.92 Å². The van der Waals surface area contributed by atoms with Crippen molar-refractivity contribution in [1.82, 2.24) is 4.98 Å². The summed E-state index contributed by atoms with van der Waals surface area (Å²) in [7, 11) is 1.30. The molecule has 0 atom stereocenters. The number of anilines is 2. The zero-order chi connectivity index (χ0) is 17.7. The molecule has 2 rings (SSSR count). The number of hydrogen-bond acceptors (Lipinski definition) is 7. The van der Waals surface area contributed by atoms with E-state index in [-0.39, 0.29) is 23.7 Å². The molecule has 1 aromatic carbocycles. The maximum absolute atomic E-state index is 13.4. The van der Waals surface area contributed by atoms with Crippen LogP contribution in [0.2, 0.25) is 0 Å². The van der Waals surface area contributed by atoms with Crippen LogP contribution >= 0.6 is 0 Å². The fourth-order valence-corrected chi connectivity index (χ4v) is 1.98. The third kappa shape index (κ3) is 3.57. The largest absolute Gasteiger partial charge is 0.494 e. The van der Waals surface area contributed by atoms with E-state index in [1.807, 2.05) is 0 Å². The number of methoxy groups -OCH3 is 1. The summed E-state index contributed by atoms with van der Waals surface area (Å²) in [5, 5.41) is 14.0. The second-order valence-corrected chi connectivity index (χ2v) is 4.51. The first-order valence-corrected chi connectivity index (χ1v) is 6.89. The van der Waals surface area contributed by atoms with Crippen LogP contribution in [0.25, 0.3) is 0 Å². The summed E-state index contributed by atoms with van der Waals surface area (Å²) in [5.74, 6) is -1.61. The minimum absolute atomic E-state index is 0.0378. The van der Waals surface area contributed by atoms with E-state index in [0.717, 1.165) is 6.07 Å². The number of nitrogens with one attached hydrogen (secondary N) is 1. The number of esters is 1. The highest BCUT2D eigenvalue weighted by atomic mass is 19.1. The summed E-state index contributed by atoms with van der Waals surface area (Å²) < 4.78 is 23.1. The van der Waals surface area contributed by atoms with E-state index in [1.54, 1.807) is 6.92 Å². The van der Waals surface area contributed by atoms with E-state index in [4.69, 9.17) is 9.47 Å². The van der Waals surface area contributed by atoms with Crippen LogP contribution in [0.3, 0.4) is 0 Å². The fraction of sp³-hybridized carbons (Fsp3) is 0.200. The van der Waals surface area contributed by atoms with Gasteiger partial charge in [-0.05, 0) is 25.1 Å². The standard InChI is InChI=1S/C15H14FN3O5/c1-3-24-15(20)10-6-7-17-14(13(10)19(21)22)18-9-4-5-11(16)12(8-9)23-2/h4-8H,3H2,1-2H3,(H,17,18). The first-order chi connectivity index (χ1) is 11.5. The van der Waals surface area contributed by atoms with Crippen molar-refractivity contribution in [2.24, 2.45) is 0 Å². The van der Waals surface area contributed by atoms with Crippen LogP contribution in [0.5, 0.6) is 5.75 Å². The average Bonchev–Trinajstić information content (AvgIpc) is 2.56. The van der Waals surface area contributed by atoms with Gasteiger partial charge in [0.05, 0.1) is 18.6 Å². The molecule has 2 aromatic rings. The smallest absolute Gasteiger partial charge is 0.345 e. The monoisotopic (exact) mass is 335 g/mol. The second-order valence-electron chi connectivity index (χ2n) is 4.51. The predicted molar refractivity (Wildman–Crippen MR) is 83.1 cm³/mol. The summed E-state index contributed by atoms with van der Waals surface area (Å²) in [5.41, 5.74) is -0.447. The first kappa shape index (κ1) is 17.1. The normalized spacial score (nSPS) is 10.1. The molecule has 1 N–H and O–H groups in total. The molecule has 0 bridgehead atoms. The van der Waals surface area contributed by atoms with Gasteiger partial charge < -0.3 is 14.8 Å². The van der Waals surface area contributed by atoms with Crippen molar-refractivity contribution in [1.29, 1.82) is 0 Å². The van der Waals surface area contributed by atoms with Crippen LogP contribution in [-0.2, 0) is 4.74 Å². The van der Waals surface area contributed by atoms with Gasteiger partial charge in [-0.3, -0.25) is 10.1 Å². The number of ether oxygens (including phenoxy) is 2. The average molecular weight is 335 g/mol. The molecule has 8 nitrogen and oxygen atoms in total. The molecule has 0 aliphatic heterocycles. The molecular formula is C15H14FN3O5. The van der Waals surface area contributed by atoms with Gasteiger partial charge in [-0.25, -0.2) is 14.2 Å². The molecular weight excluding hydrogens is 321 g/mol. The number of hydrogen-bond donors (Lipinski definition) is 1. The van der Waals surface area contributed by atoms with Crippen molar-refractivity contribution in [3.05, 3.63) is 52.0 Å². The Bertz CT molecular complexity index is 782. The van der Waals surface area contributed by atoms with E-state index in [9.17, 15) is 19.3 Å². The number of nitrogens with zero attached hydrogens (tertiary/aromatic N) is 2. The molecule has 1 heterocycles. The molecule has 1 aromatic heterocycles. The Balaban J connectivity index is 2.45. The van der Waals surface area contributed by atoms with E-state index < -0.39 is 22.4 Å². The van der Waals surface area contributed by atoms with E-state index in [2.05, 4.69) is 10.3 Å². The Kier molecular flexibility index (Phi) is 5.25. The molecule has 0 amide bonds. The Labute approximate surface area is 136 Å². The molecule has 0 saturated carbocycles. The quantitative estimate of drug-likeness (QED) is 0.491. The number of halogens is 1. The van der Waals surface area contributed by atoms with Crippen LogP contribution in [0.15, 0.2) is 30.5 Å². The number of carbonyl (C=O) groups excluding carboxylic acids is 1. The second kappa shape index (κ2) is 7.36. The molecule has 0 aliphatic carbocycles. The third-order valence-electron chi connectivity index (χ3n) is 3.02. The summed E-state index contributed by atoms with van der Waals surface area (Å²) >= 11 is 0. The molecule has 0 unspecified atom stereocenters. The minimum atomic E-state index is -0.827.